The van der Waals surface area contributed by atoms with Gasteiger partial charge in [0.05, 0.1) is 6.33 Å². The van der Waals surface area contributed by atoms with Crippen LogP contribution in [0.15, 0.2) is 66.1 Å². The number of nitrogens with two attached hydrogens (primary N) is 1. The molecule has 0 amide bonds. The number of aromatic nitrogens is 2. The van der Waals surface area contributed by atoms with Gasteiger partial charge in [-0.05, 0) is 42.3 Å². The maximum Gasteiger partial charge on any atom is 0.0991 e. The summed E-state index contributed by atoms with van der Waals surface area (Å²) in [4.78, 5) is 5.20. The predicted octanol–water partition coefficient (Wildman–Crippen LogP) is 4.06. The Balaban J connectivity index is 1.68. The first-order chi connectivity index (χ1) is 10.2. The Labute approximate surface area is 128 Å². The maximum absolute atomic E-state index is 6.04. The van der Waals surface area contributed by atoms with E-state index < -0.39 is 0 Å². The maximum atomic E-state index is 6.04. The van der Waals surface area contributed by atoms with Crippen LogP contribution in [0, 0.1) is 6.92 Å². The van der Waals surface area contributed by atoms with E-state index in [1.165, 1.54) is 11.1 Å². The fraction of sp³-hybridized carbons (Fsp3) is 0.118. The van der Waals surface area contributed by atoms with Gasteiger partial charge in [0.1, 0.15) is 0 Å². The summed E-state index contributed by atoms with van der Waals surface area (Å²) in [6.07, 6.45) is 5.53. The summed E-state index contributed by atoms with van der Waals surface area (Å²) in [5.74, 6) is 0.914. The monoisotopic (exact) mass is 295 g/mol. The molecule has 1 heterocycles. The highest BCUT2D eigenvalue weighted by Crippen LogP contribution is 2.29. The molecule has 2 aromatic carbocycles. The van der Waals surface area contributed by atoms with Gasteiger partial charge >= 0.3 is 0 Å². The summed E-state index contributed by atoms with van der Waals surface area (Å²) in [7, 11) is 0. The number of nitrogen functional groups attached to an aromatic ring is 1. The number of thioether (sulfide) groups is 1. The zero-order valence-corrected chi connectivity index (χ0v) is 12.7. The van der Waals surface area contributed by atoms with E-state index in [4.69, 9.17) is 5.73 Å². The largest absolute Gasteiger partial charge is 0.398 e. The lowest BCUT2D eigenvalue weighted by atomic mass is 10.2. The number of hydrogen-bond acceptors (Lipinski definition) is 3. The summed E-state index contributed by atoms with van der Waals surface area (Å²) in [5, 5.41) is 0. The van der Waals surface area contributed by atoms with E-state index in [0.717, 1.165) is 22.0 Å². The van der Waals surface area contributed by atoms with Crippen LogP contribution in [0.2, 0.25) is 0 Å². The van der Waals surface area contributed by atoms with Crippen LogP contribution >= 0.6 is 11.8 Å². The van der Waals surface area contributed by atoms with Crippen molar-refractivity contribution in [3.05, 3.63) is 72.3 Å². The van der Waals surface area contributed by atoms with Crippen LogP contribution in [0.25, 0.3) is 5.69 Å². The molecule has 3 nitrogen and oxygen atoms in total. The molecule has 21 heavy (non-hydrogen) atoms. The molecule has 3 rings (SSSR count). The van der Waals surface area contributed by atoms with Crippen molar-refractivity contribution in [2.45, 2.75) is 17.6 Å². The van der Waals surface area contributed by atoms with Crippen LogP contribution < -0.4 is 5.73 Å². The van der Waals surface area contributed by atoms with Gasteiger partial charge in [-0.15, -0.1) is 11.8 Å². The molecule has 0 aliphatic heterocycles. The first kappa shape index (κ1) is 13.8. The lowest BCUT2D eigenvalue weighted by Gasteiger charge is -2.07. The van der Waals surface area contributed by atoms with Gasteiger partial charge in [-0.3, -0.25) is 0 Å². The van der Waals surface area contributed by atoms with Crippen molar-refractivity contribution in [2.24, 2.45) is 0 Å². The Morgan fingerprint density at radius 3 is 2.62 bits per heavy atom. The van der Waals surface area contributed by atoms with Gasteiger partial charge in [-0.2, -0.15) is 0 Å². The number of aryl methyl sites for hydroxylation is 1. The molecule has 0 atom stereocenters. The van der Waals surface area contributed by atoms with Crippen LogP contribution in [-0.2, 0) is 5.75 Å². The van der Waals surface area contributed by atoms with Crippen LogP contribution in [0.4, 0.5) is 5.69 Å². The number of nitrogens with zero attached hydrogens (tertiary/aromatic N) is 2. The third kappa shape index (κ3) is 3.28. The van der Waals surface area contributed by atoms with Crippen molar-refractivity contribution >= 4 is 17.4 Å². The van der Waals surface area contributed by atoms with Gasteiger partial charge in [0.25, 0.3) is 0 Å². The molecule has 1 aromatic heterocycles. The van der Waals surface area contributed by atoms with Crippen LogP contribution in [0.5, 0.6) is 0 Å². The second-order valence-electron chi connectivity index (χ2n) is 4.97. The van der Waals surface area contributed by atoms with Crippen molar-refractivity contribution in [3.63, 3.8) is 0 Å². The minimum atomic E-state index is 0.857. The normalized spacial score (nSPS) is 10.7. The highest BCUT2D eigenvalue weighted by molar-refractivity contribution is 7.98. The molecule has 106 valence electrons. The van der Waals surface area contributed by atoms with Gasteiger partial charge in [0, 0.05) is 34.4 Å². The summed E-state index contributed by atoms with van der Waals surface area (Å²) in [6, 6.07) is 14.7. The van der Waals surface area contributed by atoms with Crippen molar-refractivity contribution in [2.75, 3.05) is 5.73 Å². The number of benzene rings is 2. The number of rotatable bonds is 4. The molecule has 0 spiro atoms. The minimum absolute atomic E-state index is 0.857. The Morgan fingerprint density at radius 2 is 1.95 bits per heavy atom. The van der Waals surface area contributed by atoms with E-state index in [9.17, 15) is 0 Å². The summed E-state index contributed by atoms with van der Waals surface area (Å²) in [6.45, 7) is 2.06. The number of hydrogen-bond donors (Lipinski definition) is 1. The third-order valence-corrected chi connectivity index (χ3v) is 4.46. The fourth-order valence-corrected chi connectivity index (χ4v) is 3.04. The smallest absolute Gasteiger partial charge is 0.0991 e. The van der Waals surface area contributed by atoms with Crippen LogP contribution in [-0.4, -0.2) is 9.55 Å². The topological polar surface area (TPSA) is 43.8 Å². The Morgan fingerprint density at radius 1 is 1.14 bits per heavy atom. The summed E-state index contributed by atoms with van der Waals surface area (Å²) >= 11 is 1.77. The minimum Gasteiger partial charge on any atom is -0.398 e. The molecule has 4 heteroatoms. The summed E-state index contributed by atoms with van der Waals surface area (Å²) in [5.41, 5.74) is 10.5. The standard InChI is InChI=1S/C17H17N3S/c1-13-2-7-17(16(18)10-13)21-11-14-3-5-15(6-4-14)20-9-8-19-12-20/h2-10,12H,11,18H2,1H3. The van der Waals surface area contributed by atoms with Crippen molar-refractivity contribution in [3.8, 4) is 5.69 Å². The average molecular weight is 295 g/mol. The lowest BCUT2D eigenvalue weighted by Crippen LogP contribution is -1.91. The molecule has 0 aliphatic carbocycles. The Kier molecular flexibility index (Phi) is 3.97. The molecule has 0 saturated heterocycles. The third-order valence-electron chi connectivity index (χ3n) is 3.30. The Hall–Kier alpha value is -2.20. The molecule has 0 saturated carbocycles. The molecule has 0 unspecified atom stereocenters. The van der Waals surface area contributed by atoms with Crippen LogP contribution in [0.1, 0.15) is 11.1 Å². The van der Waals surface area contributed by atoms with E-state index in [2.05, 4.69) is 48.3 Å². The van der Waals surface area contributed by atoms with E-state index in [1.54, 1.807) is 24.3 Å². The van der Waals surface area contributed by atoms with Gasteiger partial charge in [-0.25, -0.2) is 4.98 Å². The molecule has 0 bridgehead atoms. The van der Waals surface area contributed by atoms with E-state index >= 15 is 0 Å². The highest BCUT2D eigenvalue weighted by atomic mass is 32.2. The Bertz CT molecular complexity index is 718. The molecule has 2 N–H and O–H groups in total. The first-order valence-electron chi connectivity index (χ1n) is 6.78. The van der Waals surface area contributed by atoms with Gasteiger partial charge < -0.3 is 10.3 Å². The zero-order chi connectivity index (χ0) is 14.7. The molecular weight excluding hydrogens is 278 g/mol. The molecule has 0 radical (unpaired) electrons. The fourth-order valence-electron chi connectivity index (χ4n) is 2.14. The summed E-state index contributed by atoms with van der Waals surface area (Å²) < 4.78 is 1.99. The van der Waals surface area contributed by atoms with E-state index in [0.29, 0.717) is 0 Å². The average Bonchev–Trinajstić information content (AvgIpc) is 3.01. The quantitative estimate of drug-likeness (QED) is 0.583. The number of imidazole rings is 1. The van der Waals surface area contributed by atoms with Crippen LogP contribution in [0.3, 0.4) is 0 Å². The predicted molar refractivity (Wildman–Crippen MR) is 88.7 cm³/mol. The second-order valence-corrected chi connectivity index (χ2v) is 5.98. The van der Waals surface area contributed by atoms with Gasteiger partial charge in [-0.1, -0.05) is 18.2 Å². The SMILES string of the molecule is Cc1ccc(SCc2ccc(-n3ccnc3)cc2)c(N)c1. The first-order valence-corrected chi connectivity index (χ1v) is 7.77. The molecular formula is C17H17N3S. The van der Waals surface area contributed by atoms with Gasteiger partial charge in [0.15, 0.2) is 0 Å². The molecule has 0 fully saturated rings. The van der Waals surface area contributed by atoms with E-state index in [1.807, 2.05) is 16.8 Å². The van der Waals surface area contributed by atoms with Crippen molar-refractivity contribution < 1.29 is 0 Å². The lowest BCUT2D eigenvalue weighted by molar-refractivity contribution is 1.05. The van der Waals surface area contributed by atoms with Crippen molar-refractivity contribution in [1.82, 2.24) is 9.55 Å². The van der Waals surface area contributed by atoms with Crippen molar-refractivity contribution in [1.29, 1.82) is 0 Å². The zero-order valence-electron chi connectivity index (χ0n) is 11.9. The number of anilines is 1. The van der Waals surface area contributed by atoms with Gasteiger partial charge in [0.2, 0.25) is 0 Å². The second kappa shape index (κ2) is 6.06. The van der Waals surface area contributed by atoms with E-state index in [-0.39, 0.29) is 0 Å². The molecule has 0 aliphatic rings. The highest BCUT2D eigenvalue weighted by Gasteiger charge is 2.02. The molecule has 3 aromatic rings.